The highest BCUT2D eigenvalue weighted by Crippen LogP contribution is 2.22. The second-order valence-corrected chi connectivity index (χ2v) is 7.55. The van der Waals surface area contributed by atoms with Crippen molar-refractivity contribution in [1.29, 1.82) is 0 Å². The van der Waals surface area contributed by atoms with E-state index in [0.29, 0.717) is 41.7 Å². The third-order valence-electron chi connectivity index (χ3n) is 5.30. The van der Waals surface area contributed by atoms with Crippen LogP contribution in [-0.4, -0.2) is 6.61 Å². The molecule has 166 valence electrons. The van der Waals surface area contributed by atoms with Gasteiger partial charge in [-0.25, -0.2) is 17.6 Å². The standard InChI is InChI=1S/C28H20F4O/c1-2-33-23-12-10-21(27(31)17-23)9-5-19-4-8-20(26(30)16-19)7-3-18-6-13-24-22(15-18)11-14-25(29)28(24)32/h4,6,8,10-17H,2,5,9H2,1H3. The van der Waals surface area contributed by atoms with E-state index in [2.05, 4.69) is 11.8 Å². The van der Waals surface area contributed by atoms with Crippen LogP contribution in [0.1, 0.15) is 29.2 Å². The zero-order valence-corrected chi connectivity index (χ0v) is 17.9. The van der Waals surface area contributed by atoms with Gasteiger partial charge in [0.05, 0.1) is 12.2 Å². The van der Waals surface area contributed by atoms with Gasteiger partial charge in [-0.2, -0.15) is 0 Å². The Morgan fingerprint density at radius 2 is 1.58 bits per heavy atom. The van der Waals surface area contributed by atoms with Gasteiger partial charge in [-0.15, -0.1) is 0 Å². The molecule has 0 aliphatic heterocycles. The fourth-order valence-electron chi connectivity index (χ4n) is 3.56. The zero-order valence-electron chi connectivity index (χ0n) is 17.9. The van der Waals surface area contributed by atoms with E-state index in [4.69, 9.17) is 4.74 Å². The minimum absolute atomic E-state index is 0.167. The quantitative estimate of drug-likeness (QED) is 0.236. The molecule has 0 aliphatic rings. The Bertz CT molecular complexity index is 1380. The third-order valence-corrected chi connectivity index (χ3v) is 5.30. The van der Waals surface area contributed by atoms with Gasteiger partial charge in [-0.1, -0.05) is 36.1 Å². The molecule has 1 nitrogen and oxygen atoms in total. The van der Waals surface area contributed by atoms with Gasteiger partial charge in [-0.05, 0) is 72.7 Å². The van der Waals surface area contributed by atoms with E-state index in [1.54, 1.807) is 36.4 Å². The second kappa shape index (κ2) is 9.79. The largest absolute Gasteiger partial charge is 0.494 e. The first kappa shape index (κ1) is 22.4. The summed E-state index contributed by atoms with van der Waals surface area (Å²) in [6, 6.07) is 16.7. The molecule has 4 aromatic rings. The monoisotopic (exact) mass is 448 g/mol. The summed E-state index contributed by atoms with van der Waals surface area (Å²) in [7, 11) is 0. The van der Waals surface area contributed by atoms with E-state index in [9.17, 15) is 17.6 Å². The molecule has 0 N–H and O–H groups in total. The van der Waals surface area contributed by atoms with Gasteiger partial charge in [0.15, 0.2) is 11.6 Å². The van der Waals surface area contributed by atoms with Crippen LogP contribution < -0.4 is 4.74 Å². The summed E-state index contributed by atoms with van der Waals surface area (Å²) in [5.74, 6) is 3.50. The number of ether oxygens (including phenoxy) is 1. The Morgan fingerprint density at radius 1 is 0.727 bits per heavy atom. The van der Waals surface area contributed by atoms with Crippen molar-refractivity contribution in [2.75, 3.05) is 6.61 Å². The molecule has 0 amide bonds. The average Bonchev–Trinajstić information content (AvgIpc) is 2.80. The summed E-state index contributed by atoms with van der Waals surface area (Å²) >= 11 is 0. The topological polar surface area (TPSA) is 9.23 Å². The molecule has 0 radical (unpaired) electrons. The Balaban J connectivity index is 1.47. The van der Waals surface area contributed by atoms with Crippen molar-refractivity contribution in [1.82, 2.24) is 0 Å². The molecule has 0 saturated carbocycles. The van der Waals surface area contributed by atoms with Crippen LogP contribution in [0.4, 0.5) is 17.6 Å². The van der Waals surface area contributed by atoms with Crippen LogP contribution in [0.2, 0.25) is 0 Å². The van der Waals surface area contributed by atoms with Crippen LogP contribution in [0.3, 0.4) is 0 Å². The first-order valence-electron chi connectivity index (χ1n) is 10.5. The van der Waals surface area contributed by atoms with Crippen molar-refractivity contribution in [3.63, 3.8) is 0 Å². The summed E-state index contributed by atoms with van der Waals surface area (Å²) < 4.78 is 61.2. The number of fused-ring (bicyclic) bond motifs is 1. The van der Waals surface area contributed by atoms with Crippen LogP contribution in [0.25, 0.3) is 10.8 Å². The number of hydrogen-bond acceptors (Lipinski definition) is 1. The van der Waals surface area contributed by atoms with Gasteiger partial charge in [0, 0.05) is 17.0 Å². The van der Waals surface area contributed by atoms with Crippen molar-refractivity contribution >= 4 is 10.8 Å². The minimum atomic E-state index is -0.909. The molecule has 0 aliphatic carbocycles. The highest BCUT2D eigenvalue weighted by atomic mass is 19.2. The molecule has 0 atom stereocenters. The van der Waals surface area contributed by atoms with E-state index >= 15 is 0 Å². The van der Waals surface area contributed by atoms with Gasteiger partial charge in [0.1, 0.15) is 17.4 Å². The number of rotatable bonds is 5. The Kier molecular flexibility index (Phi) is 6.65. The number of aryl methyl sites for hydroxylation is 2. The summed E-state index contributed by atoms with van der Waals surface area (Å²) in [6.45, 7) is 2.30. The average molecular weight is 448 g/mol. The molecular weight excluding hydrogens is 428 g/mol. The highest BCUT2D eigenvalue weighted by molar-refractivity contribution is 5.84. The van der Waals surface area contributed by atoms with E-state index in [-0.39, 0.29) is 16.8 Å². The first-order valence-corrected chi connectivity index (χ1v) is 10.5. The number of hydrogen-bond donors (Lipinski definition) is 0. The molecule has 4 rings (SSSR count). The maximum Gasteiger partial charge on any atom is 0.166 e. The zero-order chi connectivity index (χ0) is 23.4. The molecule has 5 heteroatoms. The summed E-state index contributed by atoms with van der Waals surface area (Å²) in [5, 5.41) is 0.679. The Morgan fingerprint density at radius 3 is 2.33 bits per heavy atom. The van der Waals surface area contributed by atoms with E-state index in [1.807, 2.05) is 6.92 Å². The van der Waals surface area contributed by atoms with E-state index in [0.717, 1.165) is 11.6 Å². The maximum absolute atomic E-state index is 14.6. The fraction of sp³-hybridized carbons (Fsp3) is 0.143. The highest BCUT2D eigenvalue weighted by Gasteiger charge is 2.08. The summed E-state index contributed by atoms with van der Waals surface area (Å²) in [4.78, 5) is 0. The van der Waals surface area contributed by atoms with Gasteiger partial charge in [0.2, 0.25) is 0 Å². The Hall–Kier alpha value is -3.78. The molecule has 0 unspecified atom stereocenters. The first-order chi connectivity index (χ1) is 15.9. The Labute approximate surface area is 189 Å². The number of benzene rings is 4. The van der Waals surface area contributed by atoms with Gasteiger partial charge < -0.3 is 4.74 Å². The van der Waals surface area contributed by atoms with Gasteiger partial charge in [-0.3, -0.25) is 0 Å². The van der Waals surface area contributed by atoms with Crippen molar-refractivity contribution in [3.05, 3.63) is 112 Å². The molecular formula is C28H20F4O. The van der Waals surface area contributed by atoms with Crippen molar-refractivity contribution in [2.24, 2.45) is 0 Å². The smallest absolute Gasteiger partial charge is 0.166 e. The van der Waals surface area contributed by atoms with Crippen LogP contribution in [0, 0.1) is 35.1 Å². The molecule has 0 fully saturated rings. The van der Waals surface area contributed by atoms with Crippen LogP contribution in [-0.2, 0) is 12.8 Å². The summed E-state index contributed by atoms with van der Waals surface area (Å²) in [6.07, 6.45) is 0.902. The van der Waals surface area contributed by atoms with Crippen LogP contribution in [0.5, 0.6) is 5.75 Å². The normalized spacial score (nSPS) is 10.7. The molecule has 0 aromatic heterocycles. The molecule has 33 heavy (non-hydrogen) atoms. The number of halogens is 4. The van der Waals surface area contributed by atoms with Crippen molar-refractivity contribution in [3.8, 4) is 17.6 Å². The maximum atomic E-state index is 14.6. The molecule has 0 saturated heterocycles. The van der Waals surface area contributed by atoms with Crippen LogP contribution in [0.15, 0.2) is 66.7 Å². The van der Waals surface area contributed by atoms with E-state index in [1.165, 1.54) is 24.3 Å². The third kappa shape index (κ3) is 5.18. The predicted octanol–water partition coefficient (Wildman–Crippen LogP) is 6.98. The molecule has 0 bridgehead atoms. The molecule has 0 heterocycles. The van der Waals surface area contributed by atoms with Crippen LogP contribution >= 0.6 is 0 Å². The van der Waals surface area contributed by atoms with Crippen molar-refractivity contribution < 1.29 is 22.3 Å². The second-order valence-electron chi connectivity index (χ2n) is 7.55. The summed E-state index contributed by atoms with van der Waals surface area (Å²) in [5.41, 5.74) is 2.05. The lowest BCUT2D eigenvalue weighted by molar-refractivity contribution is 0.338. The minimum Gasteiger partial charge on any atom is -0.494 e. The van der Waals surface area contributed by atoms with E-state index < -0.39 is 17.5 Å². The lowest BCUT2D eigenvalue weighted by Crippen LogP contribution is -1.98. The predicted molar refractivity (Wildman–Crippen MR) is 121 cm³/mol. The van der Waals surface area contributed by atoms with Gasteiger partial charge in [0.25, 0.3) is 0 Å². The van der Waals surface area contributed by atoms with Gasteiger partial charge >= 0.3 is 0 Å². The fourth-order valence-corrected chi connectivity index (χ4v) is 3.56. The van der Waals surface area contributed by atoms with Crippen molar-refractivity contribution in [2.45, 2.75) is 19.8 Å². The lowest BCUT2D eigenvalue weighted by Gasteiger charge is -2.07. The lowest BCUT2D eigenvalue weighted by atomic mass is 10.0. The SMILES string of the molecule is CCOc1ccc(CCc2ccc(C#Cc3ccc4c(F)c(F)ccc4c3)c(F)c2)c(F)c1. The molecule has 4 aromatic carbocycles. The molecule has 0 spiro atoms.